The number of hydrogen-bond donors (Lipinski definition) is 1. The normalized spacial score (nSPS) is 24.7. The molecule has 3 rings (SSSR count). The molecule has 1 N–H and O–H groups in total. The number of rotatable bonds is 7. The van der Waals surface area contributed by atoms with E-state index >= 15 is 0 Å². The standard InChI is InChI=1S/C21H32N2O3S/c1-16(2)18-5-4-6-19(13-18)26-17(3)20(24)22-14-21(7-12-27-15-21)23-8-10-25-11-9-23/h4-6,13,16-17H,7-12,14-15H2,1-3H3,(H,22,24)/t17-,21+/m1/s1. The third kappa shape index (κ3) is 5.18. The van der Waals surface area contributed by atoms with Gasteiger partial charge < -0.3 is 14.8 Å². The van der Waals surface area contributed by atoms with Gasteiger partial charge in [-0.3, -0.25) is 9.69 Å². The van der Waals surface area contributed by atoms with Crippen LogP contribution >= 0.6 is 11.8 Å². The lowest BCUT2D eigenvalue weighted by molar-refractivity contribution is -0.128. The molecule has 2 aliphatic rings. The number of ether oxygens (including phenoxy) is 2. The number of amides is 1. The van der Waals surface area contributed by atoms with E-state index in [1.807, 2.05) is 36.9 Å². The first-order valence-corrected chi connectivity index (χ1v) is 11.1. The molecule has 2 aliphatic heterocycles. The van der Waals surface area contributed by atoms with Crippen molar-refractivity contribution in [2.75, 3.05) is 44.4 Å². The van der Waals surface area contributed by atoms with Crippen molar-refractivity contribution < 1.29 is 14.3 Å². The molecular formula is C21H32N2O3S. The lowest BCUT2D eigenvalue weighted by Crippen LogP contribution is -2.59. The van der Waals surface area contributed by atoms with Crippen molar-refractivity contribution in [3.63, 3.8) is 0 Å². The average molecular weight is 393 g/mol. The second-order valence-corrected chi connectivity index (χ2v) is 8.94. The summed E-state index contributed by atoms with van der Waals surface area (Å²) in [6.07, 6.45) is 0.604. The average Bonchev–Trinajstić information content (AvgIpc) is 3.17. The number of carbonyl (C=O) groups excluding carboxylic acids is 1. The fourth-order valence-corrected chi connectivity index (χ4v) is 5.21. The summed E-state index contributed by atoms with van der Waals surface area (Å²) in [5.41, 5.74) is 1.27. The van der Waals surface area contributed by atoms with Gasteiger partial charge in [-0.1, -0.05) is 26.0 Å². The fourth-order valence-electron chi connectivity index (χ4n) is 3.73. The van der Waals surface area contributed by atoms with E-state index in [-0.39, 0.29) is 11.4 Å². The van der Waals surface area contributed by atoms with Gasteiger partial charge >= 0.3 is 0 Å². The number of carbonyl (C=O) groups is 1. The molecule has 5 nitrogen and oxygen atoms in total. The highest BCUT2D eigenvalue weighted by atomic mass is 32.2. The van der Waals surface area contributed by atoms with Crippen LogP contribution in [0.5, 0.6) is 5.75 Å². The molecule has 2 heterocycles. The Kier molecular flexibility index (Phi) is 7.06. The van der Waals surface area contributed by atoms with Crippen molar-refractivity contribution in [3.05, 3.63) is 29.8 Å². The second kappa shape index (κ2) is 9.30. The van der Waals surface area contributed by atoms with E-state index < -0.39 is 6.10 Å². The SMILES string of the molecule is CC(C)c1cccc(O[C@H](C)C(=O)NC[C@@]2(N3CCOCC3)CCSC2)c1. The first-order chi connectivity index (χ1) is 13.0. The van der Waals surface area contributed by atoms with Crippen molar-refractivity contribution in [1.82, 2.24) is 10.2 Å². The maximum Gasteiger partial charge on any atom is 0.260 e. The van der Waals surface area contributed by atoms with Gasteiger partial charge in [0.1, 0.15) is 5.75 Å². The Morgan fingerprint density at radius 2 is 2.11 bits per heavy atom. The van der Waals surface area contributed by atoms with Crippen LogP contribution in [0.2, 0.25) is 0 Å². The van der Waals surface area contributed by atoms with Crippen LogP contribution in [0.4, 0.5) is 0 Å². The zero-order valence-electron chi connectivity index (χ0n) is 16.7. The predicted molar refractivity (Wildman–Crippen MR) is 111 cm³/mol. The third-order valence-electron chi connectivity index (χ3n) is 5.56. The predicted octanol–water partition coefficient (Wildman–Crippen LogP) is 2.90. The highest BCUT2D eigenvalue weighted by Gasteiger charge is 2.41. The number of thioether (sulfide) groups is 1. The fraction of sp³-hybridized carbons (Fsp3) is 0.667. The van der Waals surface area contributed by atoms with Crippen LogP contribution in [0.25, 0.3) is 0 Å². The molecule has 27 heavy (non-hydrogen) atoms. The van der Waals surface area contributed by atoms with Crippen LogP contribution in [0.15, 0.2) is 24.3 Å². The van der Waals surface area contributed by atoms with Crippen LogP contribution in [-0.4, -0.2) is 66.8 Å². The Balaban J connectivity index is 1.56. The summed E-state index contributed by atoms with van der Waals surface area (Å²) in [5.74, 6) is 3.36. The molecule has 1 aromatic rings. The van der Waals surface area contributed by atoms with E-state index in [0.29, 0.717) is 12.5 Å². The molecule has 2 saturated heterocycles. The Bertz CT molecular complexity index is 626. The highest BCUT2D eigenvalue weighted by molar-refractivity contribution is 7.99. The summed E-state index contributed by atoms with van der Waals surface area (Å²) in [5, 5.41) is 3.16. The van der Waals surface area contributed by atoms with Crippen LogP contribution in [0.1, 0.15) is 38.7 Å². The van der Waals surface area contributed by atoms with Gasteiger partial charge in [0.2, 0.25) is 0 Å². The molecule has 2 fully saturated rings. The number of benzene rings is 1. The molecular weight excluding hydrogens is 360 g/mol. The van der Waals surface area contributed by atoms with Gasteiger partial charge in [-0.2, -0.15) is 11.8 Å². The van der Waals surface area contributed by atoms with Crippen molar-refractivity contribution >= 4 is 17.7 Å². The molecule has 1 aromatic carbocycles. The minimum Gasteiger partial charge on any atom is -0.481 e. The summed E-state index contributed by atoms with van der Waals surface area (Å²) < 4.78 is 11.4. The maximum atomic E-state index is 12.7. The summed E-state index contributed by atoms with van der Waals surface area (Å²) in [6, 6.07) is 8.01. The number of hydrogen-bond acceptors (Lipinski definition) is 5. The Hall–Kier alpha value is -1.24. The van der Waals surface area contributed by atoms with E-state index in [9.17, 15) is 4.79 Å². The molecule has 0 spiro atoms. The van der Waals surface area contributed by atoms with Crippen LogP contribution in [-0.2, 0) is 9.53 Å². The van der Waals surface area contributed by atoms with Crippen LogP contribution in [0.3, 0.4) is 0 Å². The summed E-state index contributed by atoms with van der Waals surface area (Å²) in [6.45, 7) is 10.3. The molecule has 0 bridgehead atoms. The Morgan fingerprint density at radius 1 is 1.33 bits per heavy atom. The molecule has 0 aromatic heterocycles. The minimum atomic E-state index is -0.511. The van der Waals surface area contributed by atoms with Gasteiger partial charge in [-0.25, -0.2) is 0 Å². The van der Waals surface area contributed by atoms with Crippen molar-refractivity contribution in [3.8, 4) is 5.75 Å². The summed E-state index contributed by atoms with van der Waals surface area (Å²) >= 11 is 1.98. The second-order valence-electron chi connectivity index (χ2n) is 7.83. The minimum absolute atomic E-state index is 0.0468. The van der Waals surface area contributed by atoms with Gasteiger partial charge in [0.25, 0.3) is 5.91 Å². The van der Waals surface area contributed by atoms with E-state index in [2.05, 4.69) is 30.1 Å². The van der Waals surface area contributed by atoms with Gasteiger partial charge in [-0.05, 0) is 42.7 Å². The largest absolute Gasteiger partial charge is 0.481 e. The maximum absolute atomic E-state index is 12.7. The lowest BCUT2D eigenvalue weighted by Gasteiger charge is -2.43. The lowest BCUT2D eigenvalue weighted by atomic mass is 9.95. The van der Waals surface area contributed by atoms with Gasteiger partial charge in [0.05, 0.1) is 13.2 Å². The smallest absolute Gasteiger partial charge is 0.260 e. The van der Waals surface area contributed by atoms with Gasteiger partial charge in [-0.15, -0.1) is 0 Å². The third-order valence-corrected chi connectivity index (χ3v) is 6.80. The Morgan fingerprint density at radius 3 is 2.78 bits per heavy atom. The molecule has 0 aliphatic carbocycles. The molecule has 0 unspecified atom stereocenters. The van der Waals surface area contributed by atoms with Gasteiger partial charge in [0.15, 0.2) is 6.10 Å². The topological polar surface area (TPSA) is 50.8 Å². The van der Waals surface area contributed by atoms with E-state index in [1.165, 1.54) is 5.56 Å². The first-order valence-electron chi connectivity index (χ1n) is 9.95. The molecule has 6 heteroatoms. The van der Waals surface area contributed by atoms with Crippen molar-refractivity contribution in [1.29, 1.82) is 0 Å². The van der Waals surface area contributed by atoms with Crippen LogP contribution in [0, 0.1) is 0 Å². The Labute approximate surface area is 167 Å². The number of nitrogens with zero attached hydrogens (tertiary/aromatic N) is 1. The highest BCUT2D eigenvalue weighted by Crippen LogP contribution is 2.33. The quantitative estimate of drug-likeness (QED) is 0.773. The molecule has 0 saturated carbocycles. The zero-order valence-corrected chi connectivity index (χ0v) is 17.5. The molecule has 2 atom stereocenters. The number of nitrogens with one attached hydrogen (secondary N) is 1. The molecule has 0 radical (unpaired) electrons. The van der Waals surface area contributed by atoms with E-state index in [0.717, 1.165) is 50.0 Å². The first kappa shape index (κ1) is 20.5. The number of morpholine rings is 1. The summed E-state index contributed by atoms with van der Waals surface area (Å²) in [7, 11) is 0. The summed E-state index contributed by atoms with van der Waals surface area (Å²) in [4.78, 5) is 15.2. The van der Waals surface area contributed by atoms with Gasteiger partial charge in [0, 0.05) is 30.9 Å². The van der Waals surface area contributed by atoms with Crippen molar-refractivity contribution in [2.45, 2.75) is 44.8 Å². The van der Waals surface area contributed by atoms with Crippen LogP contribution < -0.4 is 10.1 Å². The molecule has 150 valence electrons. The monoisotopic (exact) mass is 392 g/mol. The van der Waals surface area contributed by atoms with Crippen molar-refractivity contribution in [2.24, 2.45) is 0 Å². The zero-order chi connectivity index (χ0) is 19.3. The van der Waals surface area contributed by atoms with E-state index in [4.69, 9.17) is 9.47 Å². The van der Waals surface area contributed by atoms with E-state index in [1.54, 1.807) is 0 Å². The molecule has 1 amide bonds.